The van der Waals surface area contributed by atoms with E-state index in [1.165, 1.54) is 101 Å². The Hall–Kier alpha value is -1.85. The van der Waals surface area contributed by atoms with Crippen LogP contribution >= 0.6 is 24.0 Å². The Morgan fingerprint density at radius 2 is 1.07 bits per heavy atom. The number of aryl methyl sites for hydroxylation is 1. The van der Waals surface area contributed by atoms with Gasteiger partial charge in [0.25, 0.3) is 0 Å². The second-order valence-electron chi connectivity index (χ2n) is 14.0. The van der Waals surface area contributed by atoms with Gasteiger partial charge in [0, 0.05) is 18.3 Å². The molecule has 0 aliphatic rings. The predicted octanol–water partition coefficient (Wildman–Crippen LogP) is 17.1. The number of unbranched alkanes of at least 4 members (excludes halogenated alkanes) is 15. The lowest BCUT2D eigenvalue weighted by atomic mass is 9.79. The van der Waals surface area contributed by atoms with Gasteiger partial charge in [0.2, 0.25) is 0 Å². The van der Waals surface area contributed by atoms with Crippen molar-refractivity contribution in [1.82, 2.24) is 4.90 Å². The monoisotopic (exact) mass is 792 g/mol. The Morgan fingerprint density at radius 3 is 1.52 bits per heavy atom. The second-order valence-corrected chi connectivity index (χ2v) is 15.8. The summed E-state index contributed by atoms with van der Waals surface area (Å²) >= 11 is 7.64. The lowest BCUT2D eigenvalue weighted by Gasteiger charge is -2.30. The van der Waals surface area contributed by atoms with Gasteiger partial charge in [0.15, 0.2) is 0 Å². The Morgan fingerprint density at radius 1 is 0.648 bits per heavy atom. The molecule has 2 rings (SSSR count). The molecule has 2 atom stereocenters. The summed E-state index contributed by atoms with van der Waals surface area (Å²) in [4.78, 5) is 16.0. The maximum atomic E-state index is 13.8. The quantitative estimate of drug-likeness (QED) is 0.0486. The molecule has 0 radical (unpaired) electrons. The van der Waals surface area contributed by atoms with E-state index in [9.17, 15) is 4.79 Å². The third kappa shape index (κ3) is 26.9. The highest BCUT2D eigenvalue weighted by molar-refractivity contribution is 8.23. The van der Waals surface area contributed by atoms with E-state index >= 15 is 0 Å². The van der Waals surface area contributed by atoms with Gasteiger partial charge < -0.3 is 9.64 Å². The van der Waals surface area contributed by atoms with Crippen LogP contribution in [0.25, 0.3) is 0 Å². The fourth-order valence-corrected chi connectivity index (χ4v) is 8.26. The molecule has 2 aromatic rings. The molecule has 0 aliphatic heterocycles. The minimum absolute atomic E-state index is 0. The Labute approximate surface area is 350 Å². The highest BCUT2D eigenvalue weighted by Crippen LogP contribution is 2.41. The zero-order valence-corrected chi connectivity index (χ0v) is 32.8. The van der Waals surface area contributed by atoms with Crippen LogP contribution in [-0.2, 0) is 16.0 Å². The van der Waals surface area contributed by atoms with Gasteiger partial charge in [0.05, 0.1) is 12.0 Å². The van der Waals surface area contributed by atoms with Crippen LogP contribution in [0.5, 0.6) is 0 Å². The third-order valence-corrected chi connectivity index (χ3v) is 11.7. The van der Waals surface area contributed by atoms with Gasteiger partial charge in [-0.15, -0.1) is 0 Å². The molecule has 0 aromatic heterocycles. The van der Waals surface area contributed by atoms with Crippen molar-refractivity contribution in [3.8, 4) is 0 Å². The number of hydrogen-bond donors (Lipinski definition) is 0. The van der Waals surface area contributed by atoms with Crippen molar-refractivity contribution in [2.45, 2.75) is 206 Å². The van der Waals surface area contributed by atoms with Crippen molar-refractivity contribution in [2.75, 3.05) is 19.7 Å². The minimum atomic E-state index is -0.546. The predicted molar refractivity (Wildman–Crippen MR) is 255 cm³/mol. The summed E-state index contributed by atoms with van der Waals surface area (Å²) in [5.41, 5.74) is 1.99. The maximum absolute atomic E-state index is 13.8. The van der Waals surface area contributed by atoms with Crippen molar-refractivity contribution in [2.24, 2.45) is 5.41 Å². The van der Waals surface area contributed by atoms with Gasteiger partial charge in [-0.3, -0.25) is 4.79 Å². The van der Waals surface area contributed by atoms with Crippen molar-refractivity contribution < 1.29 is 9.53 Å². The molecule has 0 saturated carbocycles. The Balaban J connectivity index is -0.00000133. The molecular formula is C49H93NO2S2. The molecule has 318 valence electrons. The third-order valence-electron chi connectivity index (χ3n) is 9.93. The molecule has 0 N–H and O–H groups in total. The first-order valence-electron chi connectivity index (χ1n) is 19.6. The van der Waals surface area contributed by atoms with Crippen LogP contribution in [0.4, 0.5) is 0 Å². The van der Waals surface area contributed by atoms with E-state index < -0.39 is 5.41 Å². The van der Waals surface area contributed by atoms with E-state index in [2.05, 4.69) is 93.3 Å². The van der Waals surface area contributed by atoms with Crippen LogP contribution < -0.4 is 0 Å². The number of thiocarbonyl (C=S) groups is 1. The van der Waals surface area contributed by atoms with Crippen molar-refractivity contribution in [3.05, 3.63) is 71.8 Å². The van der Waals surface area contributed by atoms with Gasteiger partial charge in [-0.1, -0.05) is 232 Å². The van der Waals surface area contributed by atoms with Crippen LogP contribution in [0.15, 0.2) is 60.7 Å². The van der Waals surface area contributed by atoms with Crippen LogP contribution in [0.1, 0.15) is 211 Å². The molecule has 2 aromatic carbocycles. The molecule has 0 spiro atoms. The molecule has 3 nitrogen and oxygen atoms in total. The number of carbonyl (C=O) groups is 1. The number of nitrogens with zero attached hydrogens (tertiary/aromatic N) is 1. The summed E-state index contributed by atoms with van der Waals surface area (Å²) in [6.45, 7) is 11.1. The summed E-state index contributed by atoms with van der Waals surface area (Å²) in [5.74, 6) is -0.0393. The van der Waals surface area contributed by atoms with Gasteiger partial charge in [0.1, 0.15) is 4.32 Å². The molecule has 0 amide bonds. The smallest absolute Gasteiger partial charge is 0.311 e. The molecule has 2 unspecified atom stereocenters. The molecule has 54 heavy (non-hydrogen) atoms. The van der Waals surface area contributed by atoms with E-state index in [-0.39, 0.29) is 55.8 Å². The van der Waals surface area contributed by atoms with E-state index in [0.29, 0.717) is 6.61 Å². The maximum Gasteiger partial charge on any atom is 0.311 e. The van der Waals surface area contributed by atoms with Gasteiger partial charge >= 0.3 is 5.97 Å². The molecule has 0 saturated heterocycles. The topological polar surface area (TPSA) is 29.5 Å². The van der Waals surface area contributed by atoms with E-state index in [1.54, 1.807) is 11.8 Å². The largest absolute Gasteiger partial charge is 0.465 e. The normalized spacial score (nSPS) is 11.7. The molecule has 5 heteroatoms. The first-order chi connectivity index (χ1) is 23.4. The first kappa shape index (κ1) is 61.4. The number of rotatable bonds is 28. The Bertz CT molecular complexity index is 1080. The SMILES string of the molecule is C.C.C.C.C.C.CCCCCCCCCCCCCCCCCCOC(=O)C(C)(CCc1ccccc1)CCC(SC(=S)N(CC)CC)c1ccccc1. The number of esters is 1. The fraction of sp³-hybridized carbons (Fsp3) is 0.714. The standard InChI is InChI=1S/C43H69NO2S2.6CH4/c1-5-8-9-10-11-12-13-14-15-16-17-18-19-20-21-28-37-46-41(45)43(4,35-33-38-29-24-22-25-30-38)36-34-40(39-31-26-23-27-32-39)48-42(47)44(6-2)7-3;;;;;;/h22-27,29-32,40H,5-21,28,33-37H2,1-4H3;6*1H4. The zero-order chi connectivity index (χ0) is 34.7. The summed E-state index contributed by atoms with van der Waals surface area (Å²) in [5, 5.41) is 0.198. The summed E-state index contributed by atoms with van der Waals surface area (Å²) in [6.07, 6.45) is 24.7. The van der Waals surface area contributed by atoms with E-state index in [0.717, 1.165) is 55.9 Å². The lowest BCUT2D eigenvalue weighted by Crippen LogP contribution is -2.32. The molecule has 0 fully saturated rings. The zero-order valence-electron chi connectivity index (χ0n) is 31.2. The number of benzene rings is 2. The number of thioether (sulfide) groups is 1. The Kier molecular flexibility index (Phi) is 44.8. The van der Waals surface area contributed by atoms with Crippen LogP contribution in [-0.4, -0.2) is 34.9 Å². The molecule has 0 aliphatic carbocycles. The molecule has 0 bridgehead atoms. The van der Waals surface area contributed by atoms with Crippen LogP contribution in [0.3, 0.4) is 0 Å². The lowest BCUT2D eigenvalue weighted by molar-refractivity contribution is -0.156. The molecular weight excluding hydrogens is 699 g/mol. The summed E-state index contributed by atoms with van der Waals surface area (Å²) in [7, 11) is 0. The number of ether oxygens (including phenoxy) is 1. The van der Waals surface area contributed by atoms with Crippen molar-refractivity contribution >= 4 is 34.3 Å². The van der Waals surface area contributed by atoms with E-state index in [4.69, 9.17) is 17.0 Å². The van der Waals surface area contributed by atoms with Crippen molar-refractivity contribution in [3.63, 3.8) is 0 Å². The van der Waals surface area contributed by atoms with Gasteiger partial charge in [-0.2, -0.15) is 0 Å². The summed E-state index contributed by atoms with van der Waals surface area (Å²) in [6, 6.07) is 21.2. The molecule has 0 heterocycles. The number of carbonyl (C=O) groups excluding carboxylic acids is 1. The summed E-state index contributed by atoms with van der Waals surface area (Å²) < 4.78 is 6.96. The average molecular weight is 792 g/mol. The average Bonchev–Trinajstić information content (AvgIpc) is 3.11. The fourth-order valence-electron chi connectivity index (χ4n) is 6.47. The van der Waals surface area contributed by atoms with Crippen LogP contribution in [0, 0.1) is 5.41 Å². The van der Waals surface area contributed by atoms with Gasteiger partial charge in [-0.05, 0) is 64.0 Å². The van der Waals surface area contributed by atoms with Crippen LogP contribution in [0.2, 0.25) is 0 Å². The van der Waals surface area contributed by atoms with E-state index in [1.807, 2.05) is 0 Å². The second kappa shape index (κ2) is 39.4. The highest BCUT2D eigenvalue weighted by Gasteiger charge is 2.35. The van der Waals surface area contributed by atoms with Gasteiger partial charge in [-0.25, -0.2) is 0 Å². The first-order valence-corrected chi connectivity index (χ1v) is 20.9. The highest BCUT2D eigenvalue weighted by atomic mass is 32.2. The minimum Gasteiger partial charge on any atom is -0.465 e. The number of hydrogen-bond acceptors (Lipinski definition) is 4. The van der Waals surface area contributed by atoms with Crippen molar-refractivity contribution in [1.29, 1.82) is 0 Å².